The van der Waals surface area contributed by atoms with E-state index >= 15 is 0 Å². The zero-order valence-electron chi connectivity index (χ0n) is 32.0. The molecular weight excluding hydrogens is 721 g/mol. The fraction of sp³-hybridized carbons (Fsp3) is 0.273. The van der Waals surface area contributed by atoms with Crippen molar-refractivity contribution in [2.24, 2.45) is 0 Å². The molecule has 0 unspecified atom stereocenters. The quantitative estimate of drug-likeness (QED) is 0.143. The van der Waals surface area contributed by atoms with E-state index in [9.17, 15) is 9.59 Å². The summed E-state index contributed by atoms with van der Waals surface area (Å²) in [4.78, 5) is 51.7. The van der Waals surface area contributed by atoms with Crippen LogP contribution >= 0.6 is 11.8 Å². The molecule has 286 valence electrons. The normalized spacial score (nSPS) is 18.2. The van der Waals surface area contributed by atoms with Crippen LogP contribution in [0.2, 0.25) is 0 Å². The van der Waals surface area contributed by atoms with Crippen molar-refractivity contribution in [3.63, 3.8) is 0 Å². The van der Waals surface area contributed by atoms with Crippen LogP contribution in [0.3, 0.4) is 0 Å². The molecule has 4 aromatic carbocycles. The van der Waals surface area contributed by atoms with Crippen LogP contribution in [0.1, 0.15) is 46.5 Å². The summed E-state index contributed by atoms with van der Waals surface area (Å²) >= 11 is 1.74. The number of aromatic nitrogens is 4. The molecule has 2 aliphatic rings. The molecule has 4 atom stereocenters. The first-order valence-corrected chi connectivity index (χ1v) is 19.9. The largest absolute Gasteiger partial charge is 0.349 e. The van der Waals surface area contributed by atoms with Crippen LogP contribution in [-0.2, 0) is 14.3 Å². The minimum absolute atomic E-state index is 0.0197. The Labute approximate surface area is 331 Å². The topological polar surface area (TPSA) is 114 Å². The van der Waals surface area contributed by atoms with Gasteiger partial charge in [0.1, 0.15) is 23.3 Å². The number of carbonyl (C=O) groups is 2. The van der Waals surface area contributed by atoms with Crippen LogP contribution in [0.25, 0.3) is 33.6 Å². The van der Waals surface area contributed by atoms with E-state index in [1.165, 1.54) is 0 Å². The third-order valence-electron chi connectivity index (χ3n) is 10.5. The van der Waals surface area contributed by atoms with Crippen LogP contribution in [0.5, 0.6) is 0 Å². The van der Waals surface area contributed by atoms with Crippen molar-refractivity contribution in [2.45, 2.75) is 23.7 Å². The molecular formula is C44H46N8O3S. The van der Waals surface area contributed by atoms with Gasteiger partial charge < -0.3 is 24.5 Å². The Morgan fingerprint density at radius 2 is 1.11 bits per heavy atom. The first kappa shape index (κ1) is 37.4. The number of nitrogens with one attached hydrogen (secondary N) is 2. The second-order valence-corrected chi connectivity index (χ2v) is 15.8. The number of benzene rings is 4. The third kappa shape index (κ3) is 7.53. The average molecular weight is 767 g/mol. The van der Waals surface area contributed by atoms with Gasteiger partial charge in [-0.2, -0.15) is 0 Å². The van der Waals surface area contributed by atoms with Gasteiger partial charge in [-0.15, -0.1) is 11.8 Å². The van der Waals surface area contributed by atoms with Gasteiger partial charge >= 0.3 is 0 Å². The van der Waals surface area contributed by atoms with Crippen LogP contribution in [0.4, 0.5) is 0 Å². The highest BCUT2D eigenvalue weighted by Gasteiger charge is 2.39. The van der Waals surface area contributed by atoms with E-state index < -0.39 is 12.3 Å². The lowest BCUT2D eigenvalue weighted by molar-refractivity contribution is -0.142. The van der Waals surface area contributed by atoms with Gasteiger partial charge in [-0.3, -0.25) is 19.4 Å². The lowest BCUT2D eigenvalue weighted by Gasteiger charge is -2.31. The Morgan fingerprint density at radius 1 is 0.643 bits per heavy atom. The molecule has 0 saturated carbocycles. The number of hydrogen-bond donors (Lipinski definition) is 2. The van der Waals surface area contributed by atoms with E-state index in [-0.39, 0.29) is 23.2 Å². The van der Waals surface area contributed by atoms with E-state index in [1.54, 1.807) is 22.9 Å². The molecule has 2 aromatic heterocycles. The summed E-state index contributed by atoms with van der Waals surface area (Å²) in [5, 5.41) is -0.173. The summed E-state index contributed by atoms with van der Waals surface area (Å²) in [6, 6.07) is 35.7. The zero-order valence-corrected chi connectivity index (χ0v) is 32.8. The number of thioether (sulfide) groups is 1. The molecule has 0 radical (unpaired) electrons. The molecule has 56 heavy (non-hydrogen) atoms. The summed E-state index contributed by atoms with van der Waals surface area (Å²) in [6.45, 7) is 1.62. The molecule has 2 saturated heterocycles. The van der Waals surface area contributed by atoms with Crippen LogP contribution in [0, 0.1) is 0 Å². The summed E-state index contributed by atoms with van der Waals surface area (Å²) in [6.07, 6.45) is 3.07. The van der Waals surface area contributed by atoms with E-state index in [2.05, 4.69) is 63.5 Å². The Kier molecular flexibility index (Phi) is 10.9. The lowest BCUT2D eigenvalue weighted by atomic mass is 10.0. The predicted octanol–water partition coefficient (Wildman–Crippen LogP) is 7.17. The van der Waals surface area contributed by atoms with Gasteiger partial charge in [-0.1, -0.05) is 109 Å². The molecule has 8 rings (SSSR count). The molecule has 0 bridgehead atoms. The first-order chi connectivity index (χ1) is 27.3. The summed E-state index contributed by atoms with van der Waals surface area (Å²) in [5.41, 5.74) is 7.87. The fourth-order valence-corrected chi connectivity index (χ4v) is 8.85. The number of imidazole rings is 2. The van der Waals surface area contributed by atoms with Gasteiger partial charge in [0.25, 0.3) is 0 Å². The van der Waals surface area contributed by atoms with Gasteiger partial charge in [0.15, 0.2) is 12.1 Å². The summed E-state index contributed by atoms with van der Waals surface area (Å²) in [7, 11) is 7.74. The molecule has 0 aliphatic carbocycles. The molecule has 6 aromatic rings. The lowest BCUT2D eigenvalue weighted by Crippen LogP contribution is -2.40. The van der Waals surface area contributed by atoms with Gasteiger partial charge in [0, 0.05) is 18.8 Å². The van der Waals surface area contributed by atoms with Crippen LogP contribution < -0.4 is 0 Å². The van der Waals surface area contributed by atoms with Gasteiger partial charge in [0.05, 0.1) is 30.4 Å². The first-order valence-electron chi connectivity index (χ1n) is 18.8. The second kappa shape index (κ2) is 16.3. The summed E-state index contributed by atoms with van der Waals surface area (Å²) < 4.78 is 6.05. The monoisotopic (exact) mass is 766 g/mol. The van der Waals surface area contributed by atoms with E-state index in [0.29, 0.717) is 25.5 Å². The van der Waals surface area contributed by atoms with Gasteiger partial charge in [0.2, 0.25) is 11.8 Å². The predicted molar refractivity (Wildman–Crippen MR) is 220 cm³/mol. The molecule has 2 N–H and O–H groups in total. The van der Waals surface area contributed by atoms with Crippen LogP contribution in [0.15, 0.2) is 122 Å². The van der Waals surface area contributed by atoms with E-state index in [4.69, 9.17) is 9.72 Å². The van der Waals surface area contributed by atoms with Crippen molar-refractivity contribution >= 4 is 23.6 Å². The van der Waals surface area contributed by atoms with Gasteiger partial charge in [-0.05, 0) is 61.6 Å². The number of hydrogen-bond acceptors (Lipinski definition) is 8. The van der Waals surface area contributed by atoms with Crippen LogP contribution in [-0.4, -0.2) is 105 Å². The van der Waals surface area contributed by atoms with Crippen molar-refractivity contribution in [1.82, 2.24) is 39.5 Å². The van der Waals surface area contributed by atoms with Crippen molar-refractivity contribution in [3.8, 4) is 33.6 Å². The van der Waals surface area contributed by atoms with E-state index in [1.807, 2.05) is 110 Å². The van der Waals surface area contributed by atoms with Crippen molar-refractivity contribution in [3.05, 3.63) is 144 Å². The molecule has 4 heterocycles. The Bertz CT molecular complexity index is 2100. The molecule has 2 fully saturated rings. The number of likely N-dealkylation sites (N-methyl/N-ethyl adjacent to an activating group) is 2. The highest BCUT2D eigenvalue weighted by Crippen LogP contribution is 2.40. The number of H-pyrrole nitrogens is 2. The minimum atomic E-state index is -0.584. The summed E-state index contributed by atoms with van der Waals surface area (Å²) in [5.74, 6) is 2.31. The Morgan fingerprint density at radius 3 is 1.62 bits per heavy atom. The fourth-order valence-electron chi connectivity index (χ4n) is 7.65. The number of aromatic amines is 2. The zero-order chi connectivity index (χ0) is 38.8. The highest BCUT2D eigenvalue weighted by molar-refractivity contribution is 7.99. The average Bonchev–Trinajstić information content (AvgIpc) is 4.06. The third-order valence-corrected chi connectivity index (χ3v) is 11.7. The number of rotatable bonds is 11. The maximum absolute atomic E-state index is 13.9. The Hall–Kier alpha value is -5.53. The SMILES string of the molecule is CN(C)[C@@H](C(=O)N1CCO[C@H]1c1ncc(-c2ccc(-c3ccc(-c4cnc([C@@H]5SCCN5C(=O)[C@@H](c5ccccc5)N(C)C)[nH]4)cc3)cc2)[nH]1)c1ccccc1. The molecule has 0 spiro atoms. The smallest absolute Gasteiger partial charge is 0.246 e. The maximum Gasteiger partial charge on any atom is 0.246 e. The number of ether oxygens (including phenoxy) is 1. The Balaban J connectivity index is 0.930. The van der Waals surface area contributed by atoms with Crippen molar-refractivity contribution in [2.75, 3.05) is 53.6 Å². The standard InChI is InChI=1S/C44H46N8O3S/c1-49(2)37(33-11-7-5-8-12-33)41(53)51-23-25-55-43(51)39-45-27-35(47-39)31-19-15-29(16-20-31)30-17-21-32(22-18-30)36-28-46-40(48-36)44-52(24-26-56-44)42(54)38(50(3)4)34-13-9-6-10-14-34/h5-22,27-28,37-38,43-44H,23-26H2,1-4H3,(H,45,47)(H,46,48)/t37-,38-,43+,44+/m1/s1. The molecule has 12 heteroatoms. The number of amides is 2. The molecule has 2 aliphatic heterocycles. The van der Waals surface area contributed by atoms with E-state index in [0.717, 1.165) is 56.3 Å². The van der Waals surface area contributed by atoms with Crippen molar-refractivity contribution in [1.29, 1.82) is 0 Å². The highest BCUT2D eigenvalue weighted by atomic mass is 32.2. The molecule has 11 nitrogen and oxygen atoms in total. The number of nitrogens with zero attached hydrogens (tertiary/aromatic N) is 6. The minimum Gasteiger partial charge on any atom is -0.349 e. The van der Waals surface area contributed by atoms with Gasteiger partial charge in [-0.25, -0.2) is 9.97 Å². The molecule has 2 amide bonds. The second-order valence-electron chi connectivity index (χ2n) is 14.6. The number of carbonyl (C=O) groups excluding carboxylic acids is 2. The van der Waals surface area contributed by atoms with Crippen molar-refractivity contribution < 1.29 is 14.3 Å². The maximum atomic E-state index is 13.9.